The lowest BCUT2D eigenvalue weighted by Crippen LogP contribution is -1.90. The van der Waals surface area contributed by atoms with Crippen molar-refractivity contribution < 1.29 is 4.74 Å². The zero-order chi connectivity index (χ0) is 8.27. The lowest BCUT2D eigenvalue weighted by molar-refractivity contribution is 0.397. The molecule has 0 atom stereocenters. The molecule has 0 aliphatic heterocycles. The van der Waals surface area contributed by atoms with E-state index < -0.39 is 0 Å². The molecule has 60 valence electrons. The van der Waals surface area contributed by atoms with Crippen LogP contribution in [0.15, 0.2) is 12.1 Å². The molecule has 0 aliphatic carbocycles. The van der Waals surface area contributed by atoms with E-state index in [4.69, 9.17) is 16.3 Å². The molecular formula is C8H10ClNO. The summed E-state index contributed by atoms with van der Waals surface area (Å²) in [6.07, 6.45) is 0.899. The van der Waals surface area contributed by atoms with E-state index in [2.05, 4.69) is 4.98 Å². The summed E-state index contributed by atoms with van der Waals surface area (Å²) < 4.78 is 4.90. The van der Waals surface area contributed by atoms with Crippen molar-refractivity contribution in [2.75, 3.05) is 7.11 Å². The van der Waals surface area contributed by atoms with Gasteiger partial charge in [-0.05, 0) is 12.0 Å². The van der Waals surface area contributed by atoms with Gasteiger partial charge < -0.3 is 4.74 Å². The standard InChI is InChI=1S/C8H10ClNO/c1-3-6-4-5-7(11-2)10-8(6)9/h4-5H,3H2,1-2H3. The number of nitrogens with zero attached hydrogens (tertiary/aromatic N) is 1. The highest BCUT2D eigenvalue weighted by Gasteiger charge is 2.00. The summed E-state index contributed by atoms with van der Waals surface area (Å²) in [5, 5.41) is 0.534. The summed E-state index contributed by atoms with van der Waals surface area (Å²) in [6, 6.07) is 3.74. The monoisotopic (exact) mass is 171 g/mol. The quantitative estimate of drug-likeness (QED) is 0.638. The minimum absolute atomic E-state index is 0.534. The van der Waals surface area contributed by atoms with Gasteiger partial charge in [-0.15, -0.1) is 0 Å². The molecule has 0 fully saturated rings. The third-order valence-corrected chi connectivity index (χ3v) is 1.82. The van der Waals surface area contributed by atoms with Crippen molar-refractivity contribution in [3.8, 4) is 5.88 Å². The Kier molecular flexibility index (Phi) is 2.71. The molecule has 1 heterocycles. The van der Waals surface area contributed by atoms with Crippen LogP contribution in [0.3, 0.4) is 0 Å². The summed E-state index contributed by atoms with van der Waals surface area (Å²) in [7, 11) is 1.57. The molecule has 11 heavy (non-hydrogen) atoms. The van der Waals surface area contributed by atoms with E-state index in [0.717, 1.165) is 12.0 Å². The van der Waals surface area contributed by atoms with Gasteiger partial charge in [0.1, 0.15) is 5.15 Å². The molecule has 1 rings (SSSR count). The molecule has 0 saturated heterocycles. The zero-order valence-corrected chi connectivity index (χ0v) is 7.35. The molecule has 1 aromatic heterocycles. The van der Waals surface area contributed by atoms with Gasteiger partial charge in [-0.2, -0.15) is 0 Å². The number of pyridine rings is 1. The van der Waals surface area contributed by atoms with Gasteiger partial charge in [0.25, 0.3) is 0 Å². The van der Waals surface area contributed by atoms with Crippen molar-refractivity contribution in [2.24, 2.45) is 0 Å². The van der Waals surface area contributed by atoms with Crippen LogP contribution in [0.2, 0.25) is 5.15 Å². The van der Waals surface area contributed by atoms with Crippen LogP contribution in [0.4, 0.5) is 0 Å². The van der Waals surface area contributed by atoms with Crippen LogP contribution < -0.4 is 4.74 Å². The Labute approximate surface area is 71.2 Å². The Morgan fingerprint density at radius 1 is 1.55 bits per heavy atom. The Morgan fingerprint density at radius 2 is 2.27 bits per heavy atom. The first-order valence-corrected chi connectivity index (χ1v) is 3.85. The summed E-state index contributed by atoms with van der Waals surface area (Å²) in [6.45, 7) is 2.04. The van der Waals surface area contributed by atoms with E-state index in [0.29, 0.717) is 11.0 Å². The third-order valence-electron chi connectivity index (χ3n) is 1.49. The molecular weight excluding hydrogens is 162 g/mol. The predicted octanol–water partition coefficient (Wildman–Crippen LogP) is 2.31. The van der Waals surface area contributed by atoms with Crippen molar-refractivity contribution >= 4 is 11.6 Å². The summed E-state index contributed by atoms with van der Waals surface area (Å²) >= 11 is 5.82. The first kappa shape index (κ1) is 8.34. The van der Waals surface area contributed by atoms with Crippen LogP contribution in [-0.4, -0.2) is 12.1 Å². The number of hydrogen-bond acceptors (Lipinski definition) is 2. The van der Waals surface area contributed by atoms with Gasteiger partial charge in [0.15, 0.2) is 0 Å². The van der Waals surface area contributed by atoms with Crippen molar-refractivity contribution in [1.82, 2.24) is 4.98 Å². The molecule has 3 heteroatoms. The molecule has 0 aromatic carbocycles. The van der Waals surface area contributed by atoms with Gasteiger partial charge >= 0.3 is 0 Å². The van der Waals surface area contributed by atoms with Gasteiger partial charge in [-0.25, -0.2) is 4.98 Å². The zero-order valence-electron chi connectivity index (χ0n) is 6.60. The number of aryl methyl sites for hydroxylation is 1. The Balaban J connectivity index is 2.99. The molecule has 0 spiro atoms. The minimum atomic E-state index is 0.534. The molecule has 0 amide bonds. The molecule has 2 nitrogen and oxygen atoms in total. The van der Waals surface area contributed by atoms with Crippen molar-refractivity contribution in [3.05, 3.63) is 22.8 Å². The second kappa shape index (κ2) is 3.58. The number of halogens is 1. The molecule has 0 radical (unpaired) electrons. The average Bonchev–Trinajstić information content (AvgIpc) is 2.04. The first-order chi connectivity index (χ1) is 5.27. The number of aromatic nitrogens is 1. The summed E-state index contributed by atoms with van der Waals surface area (Å²) in [5.41, 5.74) is 1.05. The second-order valence-electron chi connectivity index (χ2n) is 2.16. The van der Waals surface area contributed by atoms with Crippen LogP contribution in [0.25, 0.3) is 0 Å². The van der Waals surface area contributed by atoms with E-state index in [1.54, 1.807) is 7.11 Å². The van der Waals surface area contributed by atoms with Crippen LogP contribution in [-0.2, 0) is 6.42 Å². The fraction of sp³-hybridized carbons (Fsp3) is 0.375. The van der Waals surface area contributed by atoms with E-state index in [1.165, 1.54) is 0 Å². The van der Waals surface area contributed by atoms with Crippen LogP contribution in [0, 0.1) is 0 Å². The van der Waals surface area contributed by atoms with Gasteiger partial charge in [0.05, 0.1) is 7.11 Å². The van der Waals surface area contributed by atoms with Crippen molar-refractivity contribution in [2.45, 2.75) is 13.3 Å². The summed E-state index contributed by atoms with van der Waals surface area (Å²) in [4.78, 5) is 4.01. The first-order valence-electron chi connectivity index (χ1n) is 3.47. The second-order valence-corrected chi connectivity index (χ2v) is 2.52. The minimum Gasteiger partial charge on any atom is -0.481 e. The normalized spacial score (nSPS) is 9.73. The number of hydrogen-bond donors (Lipinski definition) is 0. The van der Waals surface area contributed by atoms with E-state index in [1.807, 2.05) is 19.1 Å². The van der Waals surface area contributed by atoms with Crippen molar-refractivity contribution in [1.29, 1.82) is 0 Å². The van der Waals surface area contributed by atoms with E-state index >= 15 is 0 Å². The fourth-order valence-corrected chi connectivity index (χ4v) is 1.10. The fourth-order valence-electron chi connectivity index (χ4n) is 0.824. The highest BCUT2D eigenvalue weighted by atomic mass is 35.5. The maximum atomic E-state index is 5.82. The van der Waals surface area contributed by atoms with Gasteiger partial charge in [-0.1, -0.05) is 24.6 Å². The molecule has 0 N–H and O–H groups in total. The van der Waals surface area contributed by atoms with Gasteiger partial charge in [-0.3, -0.25) is 0 Å². The predicted molar refractivity (Wildman–Crippen MR) is 45.2 cm³/mol. The molecule has 0 unspecified atom stereocenters. The van der Waals surface area contributed by atoms with Crippen LogP contribution in [0.1, 0.15) is 12.5 Å². The molecule has 0 saturated carbocycles. The largest absolute Gasteiger partial charge is 0.481 e. The number of rotatable bonds is 2. The van der Waals surface area contributed by atoms with E-state index in [-0.39, 0.29) is 0 Å². The number of methoxy groups -OCH3 is 1. The van der Waals surface area contributed by atoms with E-state index in [9.17, 15) is 0 Å². The highest BCUT2D eigenvalue weighted by molar-refractivity contribution is 6.30. The lowest BCUT2D eigenvalue weighted by atomic mass is 10.2. The number of ether oxygens (including phenoxy) is 1. The maximum Gasteiger partial charge on any atom is 0.214 e. The topological polar surface area (TPSA) is 22.1 Å². The van der Waals surface area contributed by atoms with Crippen molar-refractivity contribution in [3.63, 3.8) is 0 Å². The average molecular weight is 172 g/mol. The molecule has 1 aromatic rings. The van der Waals surface area contributed by atoms with Crippen LogP contribution in [0.5, 0.6) is 5.88 Å². The smallest absolute Gasteiger partial charge is 0.214 e. The summed E-state index contributed by atoms with van der Waals surface area (Å²) in [5.74, 6) is 0.562. The Bertz CT molecular complexity index is 250. The van der Waals surface area contributed by atoms with Gasteiger partial charge in [0.2, 0.25) is 5.88 Å². The highest BCUT2D eigenvalue weighted by Crippen LogP contribution is 2.17. The third kappa shape index (κ3) is 1.84. The van der Waals surface area contributed by atoms with Crippen LogP contribution >= 0.6 is 11.6 Å². The SMILES string of the molecule is CCc1ccc(OC)nc1Cl. The lowest BCUT2D eigenvalue weighted by Gasteiger charge is -2.01. The molecule has 0 aliphatic rings. The van der Waals surface area contributed by atoms with Gasteiger partial charge in [0, 0.05) is 6.07 Å². The molecule has 0 bridgehead atoms. The maximum absolute atomic E-state index is 5.82. The Morgan fingerprint density at radius 3 is 2.73 bits per heavy atom. The Hall–Kier alpha value is -0.760.